The molecule has 0 aliphatic rings. The van der Waals surface area contributed by atoms with Crippen LogP contribution in [0.15, 0.2) is 11.1 Å². The van der Waals surface area contributed by atoms with Crippen molar-refractivity contribution in [3.8, 4) is 0 Å². The Morgan fingerprint density at radius 1 is 0.882 bits per heavy atom. The van der Waals surface area contributed by atoms with Crippen LogP contribution in [0.25, 0.3) is 0 Å². The van der Waals surface area contributed by atoms with Crippen LogP contribution in [0.1, 0.15) is 20.8 Å². The predicted molar refractivity (Wildman–Crippen MR) is 68.8 cm³/mol. The Bertz CT molecular complexity index is 290. The summed E-state index contributed by atoms with van der Waals surface area (Å²) in [6, 6.07) is 0. The first-order valence-electron chi connectivity index (χ1n) is 5.26. The maximum absolute atomic E-state index is 11.2. The van der Waals surface area contributed by atoms with E-state index in [1.807, 2.05) is 20.8 Å². The minimum absolute atomic E-state index is 0.0972. The van der Waals surface area contributed by atoms with Gasteiger partial charge in [-0.15, -0.1) is 0 Å². The monoisotopic (exact) mass is 244 g/mol. The number of nitrogens with zero attached hydrogens (tertiary/aromatic N) is 2. The third-order valence-corrected chi connectivity index (χ3v) is 2.02. The first kappa shape index (κ1) is 17.9. The maximum Gasteiger partial charge on any atom is 0.408 e. The molecule has 17 heavy (non-hydrogen) atoms. The second-order valence-electron chi connectivity index (χ2n) is 4.19. The number of ether oxygens (including phenoxy) is 1. The molecule has 0 fully saturated rings. The molecule has 0 aromatic rings. The average molecular weight is 244 g/mol. The summed E-state index contributed by atoms with van der Waals surface area (Å²) in [5.41, 5.74) is 1.92. The van der Waals surface area contributed by atoms with Gasteiger partial charge in [-0.25, -0.2) is 4.79 Å². The molecule has 0 radical (unpaired) electrons. The molecule has 100 valence electrons. The van der Waals surface area contributed by atoms with Gasteiger partial charge in [-0.1, -0.05) is 5.57 Å². The van der Waals surface area contributed by atoms with Crippen LogP contribution in [0.5, 0.6) is 0 Å². The smallest absolute Gasteiger partial charge is 0.408 e. The SMILES string of the molecule is CC(C)=C(C)C(=O)N(C)C.COC(=O)N(C)C. The highest BCUT2D eigenvalue weighted by atomic mass is 16.5. The molecule has 2 amide bonds. The molecule has 0 bridgehead atoms. The van der Waals surface area contributed by atoms with Crippen molar-refractivity contribution in [2.75, 3.05) is 35.3 Å². The first-order valence-corrected chi connectivity index (χ1v) is 5.26. The summed E-state index contributed by atoms with van der Waals surface area (Å²) in [5.74, 6) is 0.0972. The maximum atomic E-state index is 11.2. The fourth-order valence-corrected chi connectivity index (χ4v) is 0.732. The summed E-state index contributed by atoms with van der Waals surface area (Å²) in [7, 11) is 8.13. The second-order valence-corrected chi connectivity index (χ2v) is 4.19. The van der Waals surface area contributed by atoms with Crippen LogP contribution >= 0.6 is 0 Å². The molecule has 0 aliphatic heterocycles. The molecule has 0 aliphatic carbocycles. The van der Waals surface area contributed by atoms with Gasteiger partial charge in [0.2, 0.25) is 5.91 Å². The molecule has 5 nitrogen and oxygen atoms in total. The molecule has 0 saturated heterocycles. The van der Waals surface area contributed by atoms with Crippen LogP contribution in [0.3, 0.4) is 0 Å². The van der Waals surface area contributed by atoms with E-state index in [-0.39, 0.29) is 12.0 Å². The van der Waals surface area contributed by atoms with E-state index >= 15 is 0 Å². The number of allylic oxidation sites excluding steroid dienone is 1. The van der Waals surface area contributed by atoms with Crippen LogP contribution < -0.4 is 0 Å². The van der Waals surface area contributed by atoms with Gasteiger partial charge in [0.25, 0.3) is 0 Å². The van der Waals surface area contributed by atoms with Crippen molar-refractivity contribution >= 4 is 12.0 Å². The van der Waals surface area contributed by atoms with Crippen molar-refractivity contribution in [2.45, 2.75) is 20.8 Å². The predicted octanol–water partition coefficient (Wildman–Crippen LogP) is 1.75. The number of carbonyl (C=O) groups is 2. The van der Waals surface area contributed by atoms with Gasteiger partial charge in [0.1, 0.15) is 0 Å². The van der Waals surface area contributed by atoms with E-state index in [2.05, 4.69) is 4.74 Å². The third-order valence-electron chi connectivity index (χ3n) is 2.02. The van der Waals surface area contributed by atoms with Crippen molar-refractivity contribution in [1.29, 1.82) is 0 Å². The zero-order valence-electron chi connectivity index (χ0n) is 12.1. The zero-order valence-corrected chi connectivity index (χ0v) is 12.1. The Morgan fingerprint density at radius 3 is 1.35 bits per heavy atom. The highest BCUT2D eigenvalue weighted by Crippen LogP contribution is 2.03. The Morgan fingerprint density at radius 2 is 1.29 bits per heavy atom. The summed E-state index contributed by atoms with van der Waals surface area (Å²) in [5, 5.41) is 0. The topological polar surface area (TPSA) is 49.9 Å². The van der Waals surface area contributed by atoms with Gasteiger partial charge in [0, 0.05) is 33.8 Å². The highest BCUT2D eigenvalue weighted by molar-refractivity contribution is 5.93. The van der Waals surface area contributed by atoms with Gasteiger partial charge < -0.3 is 14.5 Å². The first-order chi connectivity index (χ1) is 7.64. The molecular formula is C12H24N2O3. The van der Waals surface area contributed by atoms with E-state index in [9.17, 15) is 9.59 Å². The van der Waals surface area contributed by atoms with E-state index in [0.717, 1.165) is 11.1 Å². The highest BCUT2D eigenvalue weighted by Gasteiger charge is 2.06. The van der Waals surface area contributed by atoms with Crippen LogP contribution in [0.2, 0.25) is 0 Å². The summed E-state index contributed by atoms with van der Waals surface area (Å²) in [6.45, 7) is 5.73. The minimum Gasteiger partial charge on any atom is -0.453 e. The van der Waals surface area contributed by atoms with Gasteiger partial charge in [0.15, 0.2) is 0 Å². The summed E-state index contributed by atoms with van der Waals surface area (Å²) in [4.78, 5) is 24.3. The molecule has 0 atom stereocenters. The third kappa shape index (κ3) is 8.30. The number of carbonyl (C=O) groups excluding carboxylic acids is 2. The largest absolute Gasteiger partial charge is 0.453 e. The minimum atomic E-state index is -0.319. The molecule has 0 N–H and O–H groups in total. The van der Waals surface area contributed by atoms with E-state index in [1.54, 1.807) is 33.1 Å². The Kier molecular flexibility index (Phi) is 9.05. The normalized spacial score (nSPS) is 8.47. The van der Waals surface area contributed by atoms with Gasteiger partial charge in [-0.05, 0) is 20.8 Å². The lowest BCUT2D eigenvalue weighted by atomic mass is 10.1. The zero-order chi connectivity index (χ0) is 14.2. The van der Waals surface area contributed by atoms with Gasteiger partial charge in [0.05, 0.1) is 7.11 Å². The fraction of sp³-hybridized carbons (Fsp3) is 0.667. The molecule has 0 saturated carbocycles. The Hall–Kier alpha value is -1.52. The summed E-state index contributed by atoms with van der Waals surface area (Å²) in [6.07, 6.45) is -0.319. The van der Waals surface area contributed by atoms with Crippen LogP contribution in [0, 0.1) is 0 Å². The van der Waals surface area contributed by atoms with Gasteiger partial charge in [-0.2, -0.15) is 0 Å². The lowest BCUT2D eigenvalue weighted by Crippen LogP contribution is -2.22. The fourth-order valence-electron chi connectivity index (χ4n) is 0.732. The van der Waals surface area contributed by atoms with Crippen LogP contribution in [0.4, 0.5) is 4.79 Å². The Labute approximate surface area is 104 Å². The number of hydrogen-bond donors (Lipinski definition) is 0. The molecule has 5 heteroatoms. The summed E-state index contributed by atoms with van der Waals surface area (Å²) >= 11 is 0. The molecule has 0 aromatic heterocycles. The van der Waals surface area contributed by atoms with Gasteiger partial charge >= 0.3 is 6.09 Å². The summed E-state index contributed by atoms with van der Waals surface area (Å²) < 4.78 is 4.30. The lowest BCUT2D eigenvalue weighted by molar-refractivity contribution is -0.124. The van der Waals surface area contributed by atoms with E-state index in [1.165, 1.54) is 12.0 Å². The quantitative estimate of drug-likeness (QED) is 0.660. The number of rotatable bonds is 1. The van der Waals surface area contributed by atoms with Crippen molar-refractivity contribution < 1.29 is 14.3 Å². The standard InChI is InChI=1S/C8H15NO.C4H9NO2/c1-6(2)7(3)8(10)9(4)5;1-5(2)4(6)7-3/h1-5H3;1-3H3. The second kappa shape index (κ2) is 8.61. The molecule has 0 aromatic carbocycles. The average Bonchev–Trinajstić information content (AvgIpc) is 2.26. The van der Waals surface area contributed by atoms with Crippen molar-refractivity contribution in [1.82, 2.24) is 9.80 Å². The van der Waals surface area contributed by atoms with Crippen molar-refractivity contribution in [3.63, 3.8) is 0 Å². The van der Waals surface area contributed by atoms with Crippen molar-refractivity contribution in [2.24, 2.45) is 0 Å². The number of methoxy groups -OCH3 is 1. The number of likely N-dealkylation sites (N-methyl/N-ethyl adjacent to an activating group) is 1. The van der Waals surface area contributed by atoms with E-state index in [0.29, 0.717) is 0 Å². The van der Waals surface area contributed by atoms with E-state index < -0.39 is 0 Å². The molecule has 0 rings (SSSR count). The number of hydrogen-bond acceptors (Lipinski definition) is 3. The lowest BCUT2D eigenvalue weighted by Gasteiger charge is -2.10. The number of amides is 2. The molecule has 0 heterocycles. The van der Waals surface area contributed by atoms with Crippen LogP contribution in [-0.4, -0.2) is 57.1 Å². The van der Waals surface area contributed by atoms with Gasteiger partial charge in [-0.3, -0.25) is 4.79 Å². The molecule has 0 spiro atoms. The van der Waals surface area contributed by atoms with E-state index in [4.69, 9.17) is 0 Å². The van der Waals surface area contributed by atoms with Crippen molar-refractivity contribution in [3.05, 3.63) is 11.1 Å². The van der Waals surface area contributed by atoms with Crippen LogP contribution in [-0.2, 0) is 9.53 Å². The molecular weight excluding hydrogens is 220 g/mol. The Balaban J connectivity index is 0. The molecule has 0 unspecified atom stereocenters.